The molecule has 0 spiro atoms. The molecule has 0 saturated carbocycles. The third-order valence-electron chi connectivity index (χ3n) is 4.92. The molecule has 0 aromatic heterocycles. The number of fused-ring (bicyclic) bond motifs is 1. The van der Waals surface area contributed by atoms with Crippen LogP contribution in [-0.4, -0.2) is 17.4 Å². The van der Waals surface area contributed by atoms with Gasteiger partial charge in [-0.1, -0.05) is 71.7 Å². The average Bonchev–Trinajstić information content (AvgIpc) is 2.67. The maximum Gasteiger partial charge on any atom is 0.259 e. The van der Waals surface area contributed by atoms with Gasteiger partial charge >= 0.3 is 0 Å². The predicted molar refractivity (Wildman–Crippen MR) is 106 cm³/mol. The Bertz CT molecular complexity index is 1000. The minimum atomic E-state index is -0.621. The minimum Gasteiger partial charge on any atom is -0.327 e. The molecular formula is C22H16Cl2FNO. The zero-order valence-corrected chi connectivity index (χ0v) is 15.8. The van der Waals surface area contributed by atoms with Crippen molar-refractivity contribution in [3.63, 3.8) is 0 Å². The van der Waals surface area contributed by atoms with E-state index < -0.39 is 17.8 Å². The Kier molecular flexibility index (Phi) is 4.90. The Morgan fingerprint density at radius 1 is 0.889 bits per heavy atom. The summed E-state index contributed by atoms with van der Waals surface area (Å²) in [5.74, 6) is -1.05. The predicted octanol–water partition coefficient (Wildman–Crippen LogP) is 5.92. The van der Waals surface area contributed by atoms with E-state index in [1.54, 1.807) is 11.0 Å². The van der Waals surface area contributed by atoms with Crippen LogP contribution in [0.4, 0.5) is 4.39 Å². The van der Waals surface area contributed by atoms with E-state index in [0.29, 0.717) is 18.0 Å². The largest absolute Gasteiger partial charge is 0.327 e. The summed E-state index contributed by atoms with van der Waals surface area (Å²) in [6.07, 6.45) is 0.689. The topological polar surface area (TPSA) is 20.3 Å². The molecule has 0 radical (unpaired) electrons. The van der Waals surface area contributed by atoms with Crippen molar-refractivity contribution in [3.8, 4) is 0 Å². The molecule has 27 heavy (non-hydrogen) atoms. The number of halogens is 3. The van der Waals surface area contributed by atoms with Gasteiger partial charge in [-0.15, -0.1) is 0 Å². The Labute approximate surface area is 167 Å². The molecule has 136 valence electrons. The molecule has 0 saturated heterocycles. The lowest BCUT2D eigenvalue weighted by Gasteiger charge is -2.38. The van der Waals surface area contributed by atoms with Crippen molar-refractivity contribution >= 4 is 29.1 Å². The summed E-state index contributed by atoms with van der Waals surface area (Å²) in [7, 11) is 0. The Morgan fingerprint density at radius 2 is 1.56 bits per heavy atom. The van der Waals surface area contributed by atoms with Gasteiger partial charge in [0.15, 0.2) is 0 Å². The zero-order valence-electron chi connectivity index (χ0n) is 14.3. The number of hydrogen-bond acceptors (Lipinski definition) is 1. The van der Waals surface area contributed by atoms with Crippen molar-refractivity contribution < 1.29 is 9.18 Å². The first-order valence-electron chi connectivity index (χ1n) is 8.65. The van der Waals surface area contributed by atoms with Gasteiger partial charge in [0.05, 0.1) is 16.6 Å². The van der Waals surface area contributed by atoms with Crippen LogP contribution in [-0.2, 0) is 6.42 Å². The van der Waals surface area contributed by atoms with Gasteiger partial charge in [0, 0.05) is 11.6 Å². The summed E-state index contributed by atoms with van der Waals surface area (Å²) < 4.78 is 14.4. The second kappa shape index (κ2) is 7.34. The van der Waals surface area contributed by atoms with E-state index in [1.165, 1.54) is 18.2 Å². The number of benzene rings is 3. The van der Waals surface area contributed by atoms with Crippen LogP contribution in [0.3, 0.4) is 0 Å². The van der Waals surface area contributed by atoms with Crippen molar-refractivity contribution in [2.75, 3.05) is 6.54 Å². The molecular weight excluding hydrogens is 384 g/mol. The summed E-state index contributed by atoms with van der Waals surface area (Å²) in [4.78, 5) is 15.0. The molecule has 1 atom stereocenters. The fraction of sp³-hybridized carbons (Fsp3) is 0.136. The average molecular weight is 400 g/mol. The van der Waals surface area contributed by atoms with Crippen LogP contribution in [0.5, 0.6) is 0 Å². The number of carbonyl (C=O) groups is 1. The second-order valence-electron chi connectivity index (χ2n) is 6.47. The Balaban J connectivity index is 1.87. The quantitative estimate of drug-likeness (QED) is 0.523. The van der Waals surface area contributed by atoms with Crippen molar-refractivity contribution in [1.82, 2.24) is 4.90 Å². The van der Waals surface area contributed by atoms with Crippen molar-refractivity contribution in [3.05, 3.63) is 105 Å². The van der Waals surface area contributed by atoms with E-state index in [1.807, 2.05) is 36.4 Å². The highest BCUT2D eigenvalue weighted by Crippen LogP contribution is 2.39. The smallest absolute Gasteiger partial charge is 0.259 e. The monoisotopic (exact) mass is 399 g/mol. The van der Waals surface area contributed by atoms with Crippen molar-refractivity contribution in [2.24, 2.45) is 0 Å². The first-order chi connectivity index (χ1) is 13.1. The Morgan fingerprint density at radius 3 is 2.30 bits per heavy atom. The van der Waals surface area contributed by atoms with E-state index in [-0.39, 0.29) is 10.6 Å². The molecule has 2 nitrogen and oxygen atoms in total. The molecule has 5 heteroatoms. The molecule has 1 amide bonds. The third kappa shape index (κ3) is 3.22. The van der Waals surface area contributed by atoms with Gasteiger partial charge in [-0.05, 0) is 41.3 Å². The van der Waals surface area contributed by atoms with Gasteiger partial charge in [-0.2, -0.15) is 0 Å². The third-order valence-corrected chi connectivity index (χ3v) is 5.58. The van der Waals surface area contributed by atoms with Crippen molar-refractivity contribution in [1.29, 1.82) is 0 Å². The highest BCUT2D eigenvalue weighted by Gasteiger charge is 2.35. The molecule has 0 bridgehead atoms. The van der Waals surface area contributed by atoms with Gasteiger partial charge in [-0.3, -0.25) is 4.79 Å². The number of carbonyl (C=O) groups excluding carboxylic acids is 1. The maximum absolute atomic E-state index is 14.4. The van der Waals surface area contributed by atoms with E-state index in [4.69, 9.17) is 23.2 Å². The zero-order chi connectivity index (χ0) is 19.0. The minimum absolute atomic E-state index is 0.101. The summed E-state index contributed by atoms with van der Waals surface area (Å²) in [5, 5.41) is 0.674. The molecule has 3 aromatic rings. The standard InChI is InChI=1S/C22H16Cl2FNO/c23-17-9-4-3-8-16(17)21-15-7-2-1-6-14(15)12-13-26(21)22(27)20-18(24)10-5-11-19(20)25/h1-11,21H,12-13H2/t21-/m1/s1. The molecule has 4 rings (SSSR count). The molecule has 1 aliphatic rings. The highest BCUT2D eigenvalue weighted by atomic mass is 35.5. The van der Waals surface area contributed by atoms with Crippen LogP contribution >= 0.6 is 23.2 Å². The first kappa shape index (κ1) is 18.0. The van der Waals surface area contributed by atoms with E-state index >= 15 is 0 Å². The fourth-order valence-electron chi connectivity index (χ4n) is 3.66. The maximum atomic E-state index is 14.4. The van der Waals surface area contributed by atoms with Crippen molar-refractivity contribution in [2.45, 2.75) is 12.5 Å². The summed E-state index contributed by atoms with van der Waals surface area (Å²) in [6.45, 7) is 0.455. The van der Waals surface area contributed by atoms with Gasteiger partial charge < -0.3 is 4.90 Å². The SMILES string of the molecule is O=C(c1c(F)cccc1Cl)N1CCc2ccccc2[C@@H]1c1ccccc1Cl. The number of hydrogen-bond donors (Lipinski definition) is 0. The van der Waals surface area contributed by atoms with Crippen LogP contribution < -0.4 is 0 Å². The lowest BCUT2D eigenvalue weighted by molar-refractivity contribution is 0.0690. The molecule has 0 unspecified atom stereocenters. The molecule has 1 aliphatic heterocycles. The number of rotatable bonds is 2. The van der Waals surface area contributed by atoms with Gasteiger partial charge in [0.2, 0.25) is 0 Å². The lowest BCUT2D eigenvalue weighted by Crippen LogP contribution is -2.41. The van der Waals surface area contributed by atoms with E-state index in [2.05, 4.69) is 6.07 Å². The van der Waals surface area contributed by atoms with Gasteiger partial charge in [-0.25, -0.2) is 4.39 Å². The van der Waals surface area contributed by atoms with Crippen LogP contribution in [0.1, 0.15) is 33.1 Å². The van der Waals surface area contributed by atoms with Crippen LogP contribution in [0, 0.1) is 5.82 Å². The summed E-state index contributed by atoms with van der Waals surface area (Å²) >= 11 is 12.6. The Hall–Kier alpha value is -2.36. The normalized spacial score (nSPS) is 16.1. The number of nitrogens with zero attached hydrogens (tertiary/aromatic N) is 1. The van der Waals surface area contributed by atoms with Crippen LogP contribution in [0.2, 0.25) is 10.0 Å². The highest BCUT2D eigenvalue weighted by molar-refractivity contribution is 6.34. The molecule has 1 heterocycles. The van der Waals surface area contributed by atoms with E-state index in [9.17, 15) is 9.18 Å². The summed E-state index contributed by atoms with van der Waals surface area (Å²) in [5.41, 5.74) is 2.87. The van der Waals surface area contributed by atoms with Gasteiger partial charge in [0.1, 0.15) is 5.82 Å². The molecule has 0 aliphatic carbocycles. The summed E-state index contributed by atoms with van der Waals surface area (Å²) in [6, 6.07) is 19.3. The number of amides is 1. The van der Waals surface area contributed by atoms with Crippen LogP contribution in [0.15, 0.2) is 66.7 Å². The molecule has 0 N–H and O–H groups in total. The first-order valence-corrected chi connectivity index (χ1v) is 9.40. The van der Waals surface area contributed by atoms with Gasteiger partial charge in [0.25, 0.3) is 5.91 Å². The molecule has 3 aromatic carbocycles. The molecule has 0 fully saturated rings. The van der Waals surface area contributed by atoms with Crippen LogP contribution in [0.25, 0.3) is 0 Å². The lowest BCUT2D eigenvalue weighted by atomic mass is 9.87. The second-order valence-corrected chi connectivity index (χ2v) is 7.28. The fourth-order valence-corrected chi connectivity index (χ4v) is 4.15. The van der Waals surface area contributed by atoms with E-state index in [0.717, 1.165) is 16.7 Å².